The molecular formula is C13H19NO4. The zero-order chi connectivity index (χ0) is 13.5. The molecule has 0 fully saturated rings. The van der Waals surface area contributed by atoms with Crippen LogP contribution in [0.25, 0.3) is 0 Å². The first-order valence-corrected chi connectivity index (χ1v) is 5.83. The highest BCUT2D eigenvalue weighted by atomic mass is 16.5. The Labute approximate surface area is 107 Å². The molecule has 0 aliphatic rings. The SMILES string of the molecule is COc1ccc(OC)c([C@H]([NH3+])CCCC(=O)[O-])c1. The van der Waals surface area contributed by atoms with Crippen molar-refractivity contribution < 1.29 is 25.1 Å². The van der Waals surface area contributed by atoms with Crippen molar-refractivity contribution in [2.24, 2.45) is 0 Å². The molecule has 0 radical (unpaired) electrons. The molecule has 0 unspecified atom stereocenters. The van der Waals surface area contributed by atoms with E-state index in [0.717, 1.165) is 17.1 Å². The monoisotopic (exact) mass is 253 g/mol. The van der Waals surface area contributed by atoms with Gasteiger partial charge in [0.05, 0.1) is 19.8 Å². The van der Waals surface area contributed by atoms with Crippen molar-refractivity contribution in [3.63, 3.8) is 0 Å². The predicted octanol–water partition coefficient (Wildman–Crippen LogP) is -0.0930. The van der Waals surface area contributed by atoms with Crippen LogP contribution in [0.5, 0.6) is 11.5 Å². The van der Waals surface area contributed by atoms with Gasteiger partial charge in [-0.2, -0.15) is 0 Å². The molecule has 1 atom stereocenters. The maximum atomic E-state index is 10.4. The van der Waals surface area contributed by atoms with Crippen molar-refractivity contribution in [3.05, 3.63) is 23.8 Å². The second kappa shape index (κ2) is 6.86. The third kappa shape index (κ3) is 3.92. The molecule has 3 N–H and O–H groups in total. The van der Waals surface area contributed by atoms with Gasteiger partial charge in [0.2, 0.25) is 0 Å². The average molecular weight is 253 g/mol. The molecule has 1 rings (SSSR count). The van der Waals surface area contributed by atoms with Crippen LogP contribution < -0.4 is 20.3 Å². The largest absolute Gasteiger partial charge is 0.550 e. The van der Waals surface area contributed by atoms with Crippen LogP contribution in [0.2, 0.25) is 0 Å². The summed E-state index contributed by atoms with van der Waals surface area (Å²) in [5.41, 5.74) is 4.97. The Hall–Kier alpha value is -1.75. The highest BCUT2D eigenvalue weighted by molar-refractivity contribution is 5.64. The minimum atomic E-state index is -1.03. The quantitative estimate of drug-likeness (QED) is 0.735. The van der Waals surface area contributed by atoms with Gasteiger partial charge in [-0.15, -0.1) is 0 Å². The van der Waals surface area contributed by atoms with Gasteiger partial charge in [0.15, 0.2) is 0 Å². The number of carboxylic acid groups (broad SMARTS) is 1. The van der Waals surface area contributed by atoms with Gasteiger partial charge in [-0.1, -0.05) is 0 Å². The lowest BCUT2D eigenvalue weighted by Crippen LogP contribution is -2.53. The van der Waals surface area contributed by atoms with E-state index in [0.29, 0.717) is 12.8 Å². The van der Waals surface area contributed by atoms with Crippen molar-refractivity contribution in [1.29, 1.82) is 0 Å². The van der Waals surface area contributed by atoms with Crippen LogP contribution in [0.1, 0.15) is 30.9 Å². The Balaban J connectivity index is 2.75. The summed E-state index contributed by atoms with van der Waals surface area (Å²) in [5.74, 6) is 0.448. The van der Waals surface area contributed by atoms with Crippen molar-refractivity contribution in [1.82, 2.24) is 0 Å². The minimum absolute atomic E-state index is 0.0330. The van der Waals surface area contributed by atoms with E-state index < -0.39 is 5.97 Å². The number of carboxylic acids is 1. The van der Waals surface area contributed by atoms with Crippen LogP contribution in [0.4, 0.5) is 0 Å². The Morgan fingerprint density at radius 1 is 1.39 bits per heavy atom. The number of carbonyl (C=O) groups is 1. The summed E-state index contributed by atoms with van der Waals surface area (Å²) in [6.07, 6.45) is 1.26. The standard InChI is InChI=1S/C13H19NO4/c1-17-9-6-7-12(18-2)10(8-9)11(14)4-3-5-13(15)16/h6-8,11H,3-5,14H2,1-2H3,(H,15,16)/t11-/m1/s1. The summed E-state index contributed by atoms with van der Waals surface area (Å²) in [6.45, 7) is 0. The van der Waals surface area contributed by atoms with Crippen LogP contribution >= 0.6 is 0 Å². The molecule has 0 bridgehead atoms. The van der Waals surface area contributed by atoms with Gasteiger partial charge in [-0.3, -0.25) is 0 Å². The summed E-state index contributed by atoms with van der Waals surface area (Å²) in [7, 11) is 3.19. The zero-order valence-corrected chi connectivity index (χ0v) is 10.8. The van der Waals surface area contributed by atoms with E-state index >= 15 is 0 Å². The number of hydrogen-bond donors (Lipinski definition) is 1. The van der Waals surface area contributed by atoms with Gasteiger partial charge in [-0.05, 0) is 31.0 Å². The number of methoxy groups -OCH3 is 2. The first-order chi connectivity index (χ1) is 8.58. The highest BCUT2D eigenvalue weighted by Crippen LogP contribution is 2.29. The number of ether oxygens (including phenoxy) is 2. The fourth-order valence-corrected chi connectivity index (χ4v) is 1.81. The Kier molecular flexibility index (Phi) is 5.45. The molecule has 0 saturated carbocycles. The number of aliphatic carboxylic acids is 1. The fraction of sp³-hybridized carbons (Fsp3) is 0.462. The lowest BCUT2D eigenvalue weighted by molar-refractivity contribution is -0.428. The number of hydrogen-bond acceptors (Lipinski definition) is 4. The van der Waals surface area contributed by atoms with E-state index in [1.54, 1.807) is 14.2 Å². The molecule has 0 saturated heterocycles. The highest BCUT2D eigenvalue weighted by Gasteiger charge is 2.16. The van der Waals surface area contributed by atoms with E-state index in [1.807, 2.05) is 18.2 Å². The van der Waals surface area contributed by atoms with E-state index in [-0.39, 0.29) is 12.5 Å². The maximum Gasteiger partial charge on any atom is 0.128 e. The van der Waals surface area contributed by atoms with Crippen LogP contribution in [0.3, 0.4) is 0 Å². The number of carbonyl (C=O) groups excluding carboxylic acids is 1. The molecule has 0 heterocycles. The summed E-state index contributed by atoms with van der Waals surface area (Å²) >= 11 is 0. The van der Waals surface area contributed by atoms with Crippen LogP contribution in [0.15, 0.2) is 18.2 Å². The summed E-state index contributed by atoms with van der Waals surface area (Å²) in [6, 6.07) is 5.48. The molecule has 0 amide bonds. The second-order valence-corrected chi connectivity index (χ2v) is 4.07. The summed E-state index contributed by atoms with van der Waals surface area (Å²) < 4.78 is 10.4. The van der Waals surface area contributed by atoms with Gasteiger partial charge in [0, 0.05) is 12.4 Å². The fourth-order valence-electron chi connectivity index (χ4n) is 1.81. The molecule has 0 aromatic heterocycles. The van der Waals surface area contributed by atoms with E-state index in [1.165, 1.54) is 0 Å². The zero-order valence-electron chi connectivity index (χ0n) is 10.8. The summed E-state index contributed by atoms with van der Waals surface area (Å²) in [5, 5.41) is 10.4. The molecule has 0 spiro atoms. The lowest BCUT2D eigenvalue weighted by atomic mass is 10.0. The molecule has 1 aromatic carbocycles. The van der Waals surface area contributed by atoms with Gasteiger partial charge in [-0.25, -0.2) is 0 Å². The van der Waals surface area contributed by atoms with Gasteiger partial charge in [0.1, 0.15) is 17.5 Å². The molecule has 100 valence electrons. The van der Waals surface area contributed by atoms with Gasteiger partial charge in [0.25, 0.3) is 0 Å². The van der Waals surface area contributed by atoms with E-state index in [4.69, 9.17) is 9.47 Å². The van der Waals surface area contributed by atoms with Crippen molar-refractivity contribution in [2.45, 2.75) is 25.3 Å². The van der Waals surface area contributed by atoms with Crippen LogP contribution in [-0.2, 0) is 4.79 Å². The van der Waals surface area contributed by atoms with E-state index in [9.17, 15) is 9.90 Å². The first kappa shape index (κ1) is 14.3. The van der Waals surface area contributed by atoms with Crippen molar-refractivity contribution in [2.75, 3.05) is 14.2 Å². The molecular weight excluding hydrogens is 234 g/mol. The average Bonchev–Trinajstić information content (AvgIpc) is 2.37. The van der Waals surface area contributed by atoms with Gasteiger partial charge >= 0.3 is 0 Å². The molecule has 18 heavy (non-hydrogen) atoms. The van der Waals surface area contributed by atoms with Crippen molar-refractivity contribution >= 4 is 5.97 Å². The van der Waals surface area contributed by atoms with Crippen LogP contribution in [0, 0.1) is 0 Å². The summed E-state index contributed by atoms with van der Waals surface area (Å²) in [4.78, 5) is 10.4. The molecule has 0 aliphatic heterocycles. The Morgan fingerprint density at radius 3 is 2.67 bits per heavy atom. The lowest BCUT2D eigenvalue weighted by Gasteiger charge is -2.14. The van der Waals surface area contributed by atoms with Gasteiger partial charge < -0.3 is 25.1 Å². The molecule has 1 aromatic rings. The molecule has 5 heteroatoms. The van der Waals surface area contributed by atoms with Crippen molar-refractivity contribution in [3.8, 4) is 11.5 Å². The maximum absolute atomic E-state index is 10.4. The predicted molar refractivity (Wildman–Crippen MR) is 64.0 cm³/mol. The third-order valence-electron chi connectivity index (χ3n) is 2.81. The normalized spacial score (nSPS) is 11.9. The van der Waals surface area contributed by atoms with E-state index in [2.05, 4.69) is 5.73 Å². The molecule has 5 nitrogen and oxygen atoms in total. The third-order valence-corrected chi connectivity index (χ3v) is 2.81. The molecule has 0 aliphatic carbocycles. The second-order valence-electron chi connectivity index (χ2n) is 4.07. The Morgan fingerprint density at radius 2 is 2.11 bits per heavy atom. The Bertz CT molecular complexity index is 406. The first-order valence-electron chi connectivity index (χ1n) is 5.83. The van der Waals surface area contributed by atoms with Crippen LogP contribution in [-0.4, -0.2) is 20.2 Å². The number of rotatable bonds is 7. The number of quaternary nitrogens is 1. The number of benzene rings is 1. The topological polar surface area (TPSA) is 86.2 Å². The minimum Gasteiger partial charge on any atom is -0.550 e. The smallest absolute Gasteiger partial charge is 0.128 e.